The van der Waals surface area contributed by atoms with Crippen LogP contribution in [-0.4, -0.2) is 37.7 Å². The molecule has 3 rings (SSSR count). The molecule has 0 amide bonds. The van der Waals surface area contributed by atoms with Crippen LogP contribution in [0.5, 0.6) is 5.75 Å². The van der Waals surface area contributed by atoms with Crippen molar-refractivity contribution < 1.29 is 4.74 Å². The minimum atomic E-state index is 0.597. The SMILES string of the molecule is CCOc1ccc([C@H](CC2CC2)N2CCNCC2)cc1. The van der Waals surface area contributed by atoms with Crippen LogP contribution in [0.25, 0.3) is 0 Å². The number of ether oxygens (including phenoxy) is 1. The molecule has 110 valence electrons. The molecular weight excluding hydrogens is 248 g/mol. The van der Waals surface area contributed by atoms with E-state index in [-0.39, 0.29) is 0 Å². The average molecular weight is 274 g/mol. The summed E-state index contributed by atoms with van der Waals surface area (Å²) in [4.78, 5) is 2.66. The third-order valence-corrected chi connectivity index (χ3v) is 4.42. The van der Waals surface area contributed by atoms with Crippen molar-refractivity contribution in [2.75, 3.05) is 32.8 Å². The topological polar surface area (TPSA) is 24.5 Å². The van der Waals surface area contributed by atoms with Crippen LogP contribution < -0.4 is 10.1 Å². The Morgan fingerprint density at radius 3 is 2.50 bits per heavy atom. The molecule has 1 atom stereocenters. The molecule has 1 aromatic rings. The first-order chi connectivity index (χ1) is 9.86. The molecule has 1 saturated carbocycles. The van der Waals surface area contributed by atoms with Gasteiger partial charge in [-0.2, -0.15) is 0 Å². The third-order valence-electron chi connectivity index (χ3n) is 4.42. The summed E-state index contributed by atoms with van der Waals surface area (Å²) in [5, 5.41) is 3.45. The van der Waals surface area contributed by atoms with E-state index in [2.05, 4.69) is 34.5 Å². The summed E-state index contributed by atoms with van der Waals surface area (Å²) in [5.74, 6) is 1.95. The summed E-state index contributed by atoms with van der Waals surface area (Å²) >= 11 is 0. The molecule has 1 heterocycles. The predicted molar refractivity (Wildman–Crippen MR) is 82.1 cm³/mol. The lowest BCUT2D eigenvalue weighted by Gasteiger charge is -2.35. The highest BCUT2D eigenvalue weighted by molar-refractivity contribution is 5.29. The Bertz CT molecular complexity index is 408. The van der Waals surface area contributed by atoms with Gasteiger partial charge < -0.3 is 10.1 Å². The smallest absolute Gasteiger partial charge is 0.119 e. The molecule has 1 aliphatic carbocycles. The van der Waals surface area contributed by atoms with E-state index in [1.165, 1.54) is 37.9 Å². The molecule has 3 heteroatoms. The van der Waals surface area contributed by atoms with Crippen molar-refractivity contribution in [3.05, 3.63) is 29.8 Å². The van der Waals surface area contributed by atoms with E-state index < -0.39 is 0 Å². The molecule has 1 aliphatic heterocycles. The fourth-order valence-corrected chi connectivity index (χ4v) is 3.11. The summed E-state index contributed by atoms with van der Waals surface area (Å²) in [6.07, 6.45) is 4.19. The first-order valence-corrected chi connectivity index (χ1v) is 8.04. The van der Waals surface area contributed by atoms with E-state index in [4.69, 9.17) is 4.74 Å². The van der Waals surface area contributed by atoms with E-state index in [0.29, 0.717) is 6.04 Å². The van der Waals surface area contributed by atoms with Crippen molar-refractivity contribution in [1.82, 2.24) is 10.2 Å². The van der Waals surface area contributed by atoms with Crippen molar-refractivity contribution >= 4 is 0 Å². The number of piperazine rings is 1. The van der Waals surface area contributed by atoms with Crippen molar-refractivity contribution in [3.63, 3.8) is 0 Å². The van der Waals surface area contributed by atoms with Gasteiger partial charge in [-0.1, -0.05) is 25.0 Å². The lowest BCUT2D eigenvalue weighted by molar-refractivity contribution is 0.160. The quantitative estimate of drug-likeness (QED) is 0.863. The molecule has 0 bridgehead atoms. The van der Waals surface area contributed by atoms with E-state index in [9.17, 15) is 0 Å². The highest BCUT2D eigenvalue weighted by atomic mass is 16.5. The Kier molecular flexibility index (Phi) is 4.58. The molecule has 0 unspecified atom stereocenters. The molecule has 0 radical (unpaired) electrons. The first kappa shape index (κ1) is 13.9. The number of nitrogens with one attached hydrogen (secondary N) is 1. The van der Waals surface area contributed by atoms with Gasteiger partial charge in [-0.15, -0.1) is 0 Å². The van der Waals surface area contributed by atoms with Crippen LogP contribution in [0.1, 0.15) is 37.8 Å². The second-order valence-electron chi connectivity index (χ2n) is 5.98. The summed E-state index contributed by atoms with van der Waals surface area (Å²) < 4.78 is 5.56. The largest absolute Gasteiger partial charge is 0.494 e. The Labute approximate surface area is 122 Å². The maximum atomic E-state index is 5.56. The zero-order valence-corrected chi connectivity index (χ0v) is 12.5. The van der Waals surface area contributed by atoms with Gasteiger partial charge in [0.15, 0.2) is 0 Å². The van der Waals surface area contributed by atoms with Crippen molar-refractivity contribution in [1.29, 1.82) is 0 Å². The Balaban J connectivity index is 1.72. The standard InChI is InChI=1S/C17H26N2O/c1-2-20-16-7-5-15(6-8-16)17(13-14-3-4-14)19-11-9-18-10-12-19/h5-8,14,17-18H,2-4,9-13H2,1H3/t17-/m0/s1. The van der Waals surface area contributed by atoms with Crippen LogP contribution in [0.15, 0.2) is 24.3 Å². The van der Waals surface area contributed by atoms with Gasteiger partial charge in [0.05, 0.1) is 6.61 Å². The fourth-order valence-electron chi connectivity index (χ4n) is 3.11. The van der Waals surface area contributed by atoms with Gasteiger partial charge in [-0.05, 0) is 37.0 Å². The lowest BCUT2D eigenvalue weighted by Crippen LogP contribution is -2.45. The van der Waals surface area contributed by atoms with E-state index in [1.54, 1.807) is 0 Å². The lowest BCUT2D eigenvalue weighted by atomic mass is 9.98. The first-order valence-electron chi connectivity index (χ1n) is 8.04. The molecule has 0 aromatic heterocycles. The molecule has 1 N–H and O–H groups in total. The monoisotopic (exact) mass is 274 g/mol. The third kappa shape index (κ3) is 3.53. The van der Waals surface area contributed by atoms with Crippen LogP contribution in [0.3, 0.4) is 0 Å². The maximum absolute atomic E-state index is 5.56. The van der Waals surface area contributed by atoms with Gasteiger partial charge >= 0.3 is 0 Å². The van der Waals surface area contributed by atoms with E-state index in [1.807, 2.05) is 6.92 Å². The number of hydrogen-bond donors (Lipinski definition) is 1. The average Bonchev–Trinajstić information content (AvgIpc) is 3.31. The van der Waals surface area contributed by atoms with Gasteiger partial charge in [0.2, 0.25) is 0 Å². The summed E-state index contributed by atoms with van der Waals surface area (Å²) in [7, 11) is 0. The van der Waals surface area contributed by atoms with Crippen molar-refractivity contribution in [3.8, 4) is 5.75 Å². The second kappa shape index (κ2) is 6.59. The summed E-state index contributed by atoms with van der Waals surface area (Å²) in [6.45, 7) is 7.36. The second-order valence-corrected chi connectivity index (χ2v) is 5.98. The van der Waals surface area contributed by atoms with Gasteiger partial charge in [0.1, 0.15) is 5.75 Å². The molecule has 2 aliphatic rings. The molecule has 1 saturated heterocycles. The van der Waals surface area contributed by atoms with Crippen LogP contribution in [0, 0.1) is 5.92 Å². The Morgan fingerprint density at radius 2 is 1.90 bits per heavy atom. The van der Waals surface area contributed by atoms with E-state index >= 15 is 0 Å². The molecule has 0 spiro atoms. The van der Waals surface area contributed by atoms with Gasteiger partial charge in [0, 0.05) is 32.2 Å². The van der Waals surface area contributed by atoms with Crippen molar-refractivity contribution in [2.24, 2.45) is 5.92 Å². The van der Waals surface area contributed by atoms with Gasteiger partial charge in [-0.25, -0.2) is 0 Å². The van der Waals surface area contributed by atoms with Crippen LogP contribution in [-0.2, 0) is 0 Å². The normalized spacial score (nSPS) is 21.6. The van der Waals surface area contributed by atoms with Crippen LogP contribution in [0.4, 0.5) is 0 Å². The number of benzene rings is 1. The van der Waals surface area contributed by atoms with Crippen molar-refractivity contribution in [2.45, 2.75) is 32.2 Å². The minimum absolute atomic E-state index is 0.597. The summed E-state index contributed by atoms with van der Waals surface area (Å²) in [6, 6.07) is 9.38. The Hall–Kier alpha value is -1.06. The minimum Gasteiger partial charge on any atom is -0.494 e. The van der Waals surface area contributed by atoms with Gasteiger partial charge in [0.25, 0.3) is 0 Å². The number of nitrogens with zero attached hydrogens (tertiary/aromatic N) is 1. The summed E-state index contributed by atoms with van der Waals surface area (Å²) in [5.41, 5.74) is 1.46. The van der Waals surface area contributed by atoms with Crippen LogP contribution >= 0.6 is 0 Å². The molecule has 20 heavy (non-hydrogen) atoms. The molecule has 2 fully saturated rings. The highest BCUT2D eigenvalue weighted by Crippen LogP contribution is 2.40. The molecular formula is C17H26N2O. The molecule has 3 nitrogen and oxygen atoms in total. The fraction of sp³-hybridized carbons (Fsp3) is 0.647. The maximum Gasteiger partial charge on any atom is 0.119 e. The number of hydrogen-bond acceptors (Lipinski definition) is 3. The Morgan fingerprint density at radius 1 is 1.20 bits per heavy atom. The molecule has 1 aromatic carbocycles. The zero-order chi connectivity index (χ0) is 13.8. The van der Waals surface area contributed by atoms with Crippen LogP contribution in [0.2, 0.25) is 0 Å². The number of rotatable bonds is 6. The predicted octanol–water partition coefficient (Wildman–Crippen LogP) is 2.83. The zero-order valence-electron chi connectivity index (χ0n) is 12.5. The van der Waals surface area contributed by atoms with Gasteiger partial charge in [-0.3, -0.25) is 4.90 Å². The highest BCUT2D eigenvalue weighted by Gasteiger charge is 2.30. The van der Waals surface area contributed by atoms with E-state index in [0.717, 1.165) is 31.4 Å².